The smallest absolute Gasteiger partial charge is 0.328 e. The molecule has 1 amide bonds. The molecule has 0 aliphatic carbocycles. The summed E-state index contributed by atoms with van der Waals surface area (Å²) in [6.45, 7) is 3.58. The van der Waals surface area contributed by atoms with Crippen molar-refractivity contribution in [3.63, 3.8) is 0 Å². The van der Waals surface area contributed by atoms with E-state index < -0.39 is 23.5 Å². The van der Waals surface area contributed by atoms with Crippen LogP contribution in [0.15, 0.2) is 41.2 Å². The summed E-state index contributed by atoms with van der Waals surface area (Å²) in [5.74, 6) is -1.96. The number of amides is 1. The molecule has 0 aliphatic heterocycles. The highest BCUT2D eigenvalue weighted by Gasteiger charge is 2.23. The van der Waals surface area contributed by atoms with Gasteiger partial charge in [-0.1, -0.05) is 30.3 Å². The molecule has 0 spiro atoms. The molecule has 7 nitrogen and oxygen atoms in total. The van der Waals surface area contributed by atoms with Gasteiger partial charge in [0.25, 0.3) is 11.5 Å². The van der Waals surface area contributed by atoms with E-state index in [0.717, 1.165) is 16.8 Å². The number of nitrogens with zero attached hydrogens (tertiary/aromatic N) is 1. The number of carboxylic acid groups (broad SMARTS) is 1. The van der Waals surface area contributed by atoms with Gasteiger partial charge in [0.15, 0.2) is 6.04 Å². The molecule has 138 valence electrons. The number of aryl methyl sites for hydroxylation is 1. The van der Waals surface area contributed by atoms with Crippen molar-refractivity contribution in [2.24, 2.45) is 7.05 Å². The number of pyridine rings is 1. The molecule has 7 heteroatoms. The molecule has 2 N–H and O–H groups in total. The average Bonchev–Trinajstić information content (AvgIpc) is 2.62. The largest absolute Gasteiger partial charge is 0.480 e. The molecule has 1 aromatic heterocycles. The maximum absolute atomic E-state index is 12.4. The fraction of sp³-hybridized carbons (Fsp3) is 0.316. The van der Waals surface area contributed by atoms with E-state index >= 15 is 0 Å². The lowest BCUT2D eigenvalue weighted by Gasteiger charge is -2.16. The number of nitrogens with one attached hydrogen (secondary N) is 1. The molecule has 2 rings (SSSR count). The predicted octanol–water partition coefficient (Wildman–Crippen LogP) is 1.40. The number of aromatic nitrogens is 1. The van der Waals surface area contributed by atoms with Crippen LogP contribution in [0.5, 0.6) is 0 Å². The van der Waals surface area contributed by atoms with Crippen molar-refractivity contribution in [3.8, 4) is 0 Å². The van der Waals surface area contributed by atoms with Crippen molar-refractivity contribution in [2.45, 2.75) is 26.5 Å². The van der Waals surface area contributed by atoms with Crippen LogP contribution in [0, 0.1) is 13.8 Å². The molecule has 0 saturated carbocycles. The van der Waals surface area contributed by atoms with Crippen LogP contribution in [-0.4, -0.2) is 34.2 Å². The Hall–Kier alpha value is -2.93. The van der Waals surface area contributed by atoms with E-state index in [1.807, 2.05) is 30.3 Å². The van der Waals surface area contributed by atoms with Gasteiger partial charge in [-0.3, -0.25) is 9.59 Å². The van der Waals surface area contributed by atoms with E-state index in [-0.39, 0.29) is 18.8 Å². The van der Waals surface area contributed by atoms with Gasteiger partial charge in [0.1, 0.15) is 5.56 Å². The summed E-state index contributed by atoms with van der Waals surface area (Å²) in [5.41, 5.74) is 1.84. The zero-order valence-corrected chi connectivity index (χ0v) is 15.0. The zero-order valence-electron chi connectivity index (χ0n) is 15.0. The molecule has 26 heavy (non-hydrogen) atoms. The van der Waals surface area contributed by atoms with Crippen LogP contribution in [0.3, 0.4) is 0 Å². The SMILES string of the molecule is Cc1cc(C(=O)N[C@@H](COCc2ccccc2)C(=O)O)c(=O)n(C)c1C. The number of carboxylic acids is 1. The first-order chi connectivity index (χ1) is 12.3. The summed E-state index contributed by atoms with van der Waals surface area (Å²) in [4.78, 5) is 36.0. The number of ether oxygens (including phenoxy) is 1. The van der Waals surface area contributed by atoms with Crippen LogP contribution in [0.25, 0.3) is 0 Å². The Morgan fingerprint density at radius 1 is 1.23 bits per heavy atom. The van der Waals surface area contributed by atoms with E-state index in [9.17, 15) is 19.5 Å². The lowest BCUT2D eigenvalue weighted by Crippen LogP contribution is -2.46. The van der Waals surface area contributed by atoms with E-state index in [0.29, 0.717) is 0 Å². The third-order valence-corrected chi connectivity index (χ3v) is 4.21. The van der Waals surface area contributed by atoms with Gasteiger partial charge >= 0.3 is 5.97 Å². The Morgan fingerprint density at radius 2 is 1.88 bits per heavy atom. The summed E-state index contributed by atoms with van der Waals surface area (Å²) < 4.78 is 6.76. The molecule has 0 bridgehead atoms. The molecule has 0 aliphatic rings. The average molecular weight is 358 g/mol. The van der Waals surface area contributed by atoms with E-state index in [1.54, 1.807) is 20.9 Å². The quantitative estimate of drug-likeness (QED) is 0.780. The number of rotatable bonds is 7. The maximum atomic E-state index is 12.4. The number of hydrogen-bond acceptors (Lipinski definition) is 4. The fourth-order valence-corrected chi connectivity index (χ4v) is 2.42. The zero-order chi connectivity index (χ0) is 19.3. The van der Waals surface area contributed by atoms with E-state index in [2.05, 4.69) is 5.32 Å². The summed E-state index contributed by atoms with van der Waals surface area (Å²) in [5, 5.41) is 11.7. The molecular formula is C19H22N2O5. The van der Waals surface area contributed by atoms with Gasteiger partial charge in [0, 0.05) is 12.7 Å². The molecular weight excluding hydrogens is 336 g/mol. The van der Waals surface area contributed by atoms with Crippen LogP contribution < -0.4 is 10.9 Å². The molecule has 0 fully saturated rings. The van der Waals surface area contributed by atoms with Gasteiger partial charge in [-0.25, -0.2) is 4.79 Å². The molecule has 0 unspecified atom stereocenters. The molecule has 1 aromatic carbocycles. The first-order valence-corrected chi connectivity index (χ1v) is 8.13. The minimum atomic E-state index is -1.25. The van der Waals surface area contributed by atoms with Crippen LogP contribution in [-0.2, 0) is 23.2 Å². The number of hydrogen-bond donors (Lipinski definition) is 2. The van der Waals surface area contributed by atoms with Gasteiger partial charge in [-0.05, 0) is 31.0 Å². The molecule has 0 radical (unpaired) electrons. The Morgan fingerprint density at radius 3 is 2.50 bits per heavy atom. The Labute approximate surface area is 151 Å². The number of benzene rings is 1. The lowest BCUT2D eigenvalue weighted by molar-refractivity contribution is -0.141. The standard InChI is InChI=1S/C19H22N2O5/c1-12-9-15(18(23)21(3)13(12)2)17(22)20-16(19(24)25)11-26-10-14-7-5-4-6-8-14/h4-9,16H,10-11H2,1-3H3,(H,20,22)(H,24,25)/t16-/m0/s1. The maximum Gasteiger partial charge on any atom is 0.328 e. The minimum Gasteiger partial charge on any atom is -0.480 e. The van der Waals surface area contributed by atoms with Gasteiger partial charge in [-0.2, -0.15) is 0 Å². The van der Waals surface area contributed by atoms with Crippen molar-refractivity contribution in [1.82, 2.24) is 9.88 Å². The second kappa shape index (κ2) is 8.44. The summed E-state index contributed by atoms with van der Waals surface area (Å²) >= 11 is 0. The van der Waals surface area contributed by atoms with Crippen molar-refractivity contribution in [2.75, 3.05) is 6.61 Å². The van der Waals surface area contributed by atoms with Gasteiger partial charge in [0.2, 0.25) is 0 Å². The number of carbonyl (C=O) groups excluding carboxylic acids is 1. The summed E-state index contributed by atoms with van der Waals surface area (Å²) in [6.07, 6.45) is 0. The van der Waals surface area contributed by atoms with Gasteiger partial charge in [-0.15, -0.1) is 0 Å². The van der Waals surface area contributed by atoms with Crippen LogP contribution in [0.1, 0.15) is 27.2 Å². The molecule has 2 aromatic rings. The van der Waals surface area contributed by atoms with Crippen LogP contribution in [0.4, 0.5) is 0 Å². The highest BCUT2D eigenvalue weighted by atomic mass is 16.5. The first-order valence-electron chi connectivity index (χ1n) is 8.13. The minimum absolute atomic E-state index is 0.0927. The molecule has 1 heterocycles. The van der Waals surface area contributed by atoms with Crippen molar-refractivity contribution in [3.05, 3.63) is 69.1 Å². The highest BCUT2D eigenvalue weighted by molar-refractivity contribution is 5.96. The molecule has 0 saturated heterocycles. The second-order valence-electron chi connectivity index (χ2n) is 6.06. The summed E-state index contributed by atoms with van der Waals surface area (Å²) in [7, 11) is 1.57. The topological polar surface area (TPSA) is 97.6 Å². The Kier molecular flexibility index (Phi) is 6.30. The van der Waals surface area contributed by atoms with Crippen molar-refractivity contribution < 1.29 is 19.4 Å². The monoisotopic (exact) mass is 358 g/mol. The summed E-state index contributed by atoms with van der Waals surface area (Å²) in [6, 6.07) is 9.50. The van der Waals surface area contributed by atoms with Crippen molar-refractivity contribution >= 4 is 11.9 Å². The van der Waals surface area contributed by atoms with Gasteiger partial charge < -0.3 is 19.7 Å². The molecule has 1 atom stereocenters. The predicted molar refractivity (Wildman–Crippen MR) is 96.1 cm³/mol. The van der Waals surface area contributed by atoms with Crippen LogP contribution >= 0.6 is 0 Å². The highest BCUT2D eigenvalue weighted by Crippen LogP contribution is 2.06. The first kappa shape index (κ1) is 19.4. The second-order valence-corrected chi connectivity index (χ2v) is 6.06. The lowest BCUT2D eigenvalue weighted by atomic mass is 10.1. The van der Waals surface area contributed by atoms with E-state index in [1.165, 1.54) is 10.6 Å². The third-order valence-electron chi connectivity index (χ3n) is 4.21. The Balaban J connectivity index is 2.07. The fourth-order valence-electron chi connectivity index (χ4n) is 2.42. The third kappa shape index (κ3) is 4.58. The number of carbonyl (C=O) groups is 2. The van der Waals surface area contributed by atoms with E-state index in [4.69, 9.17) is 4.74 Å². The van der Waals surface area contributed by atoms with Gasteiger partial charge in [0.05, 0.1) is 13.2 Å². The van der Waals surface area contributed by atoms with Crippen molar-refractivity contribution in [1.29, 1.82) is 0 Å². The Bertz CT molecular complexity index is 858. The normalized spacial score (nSPS) is 11.8. The van der Waals surface area contributed by atoms with Crippen LogP contribution in [0.2, 0.25) is 0 Å². The number of aliphatic carboxylic acids is 1.